The van der Waals surface area contributed by atoms with E-state index in [1.54, 1.807) is 0 Å². The Balaban J connectivity index is 3.28. The Hall–Kier alpha value is -1.60. The van der Waals surface area contributed by atoms with Crippen LogP contribution in [-0.2, 0) is 0 Å². The summed E-state index contributed by atoms with van der Waals surface area (Å²) in [5, 5.41) is 7.83. The van der Waals surface area contributed by atoms with E-state index in [2.05, 4.69) is 4.98 Å². The Morgan fingerprint density at radius 2 is 2.46 bits per heavy atom. The molecule has 0 aliphatic rings. The molecule has 0 fully saturated rings. The summed E-state index contributed by atoms with van der Waals surface area (Å²) in [5.74, 6) is 0.124. The topological polar surface area (TPSA) is 63.0 Å². The van der Waals surface area contributed by atoms with Crippen molar-refractivity contribution < 1.29 is 9.53 Å². The molecule has 0 aliphatic heterocycles. The molecular weight excluding hydrogens is 192 g/mol. The molecule has 0 amide bonds. The smallest absolute Gasteiger partial charge is 0.257 e. The maximum absolute atomic E-state index is 10.8. The van der Waals surface area contributed by atoms with Crippen molar-refractivity contribution in [1.29, 1.82) is 5.26 Å². The van der Waals surface area contributed by atoms with Crippen LogP contribution >= 0.6 is 11.6 Å². The van der Waals surface area contributed by atoms with Gasteiger partial charge >= 0.3 is 0 Å². The first-order chi connectivity index (χ1) is 6.19. The van der Waals surface area contributed by atoms with Crippen molar-refractivity contribution in [2.24, 2.45) is 0 Å². The van der Waals surface area contributed by atoms with Gasteiger partial charge in [0.1, 0.15) is 6.07 Å². The zero-order chi connectivity index (χ0) is 9.84. The fraction of sp³-hybridized carbons (Fsp3) is 0.125. The van der Waals surface area contributed by atoms with E-state index >= 15 is 0 Å². The van der Waals surface area contributed by atoms with Crippen LogP contribution < -0.4 is 4.74 Å². The van der Waals surface area contributed by atoms with E-state index in [1.807, 2.05) is 6.07 Å². The van der Waals surface area contributed by atoms with Crippen LogP contribution in [0.3, 0.4) is 0 Å². The number of aromatic nitrogens is 1. The van der Waals surface area contributed by atoms with Crippen molar-refractivity contribution in [3.63, 3.8) is 0 Å². The molecule has 0 saturated carbocycles. The first kappa shape index (κ1) is 9.49. The lowest BCUT2D eigenvalue weighted by Gasteiger charge is -2.02. The normalized spacial score (nSPS) is 9.00. The highest BCUT2D eigenvalue weighted by molar-refractivity contribution is 6.68. The van der Waals surface area contributed by atoms with Gasteiger partial charge < -0.3 is 4.74 Å². The van der Waals surface area contributed by atoms with Gasteiger partial charge in [-0.1, -0.05) is 0 Å². The van der Waals surface area contributed by atoms with E-state index in [1.165, 1.54) is 19.4 Å². The SMILES string of the molecule is COc1ncc(C#N)cc1C(=O)Cl. The molecule has 4 nitrogen and oxygen atoms in total. The van der Waals surface area contributed by atoms with Crippen molar-refractivity contribution >= 4 is 16.8 Å². The molecule has 1 aromatic heterocycles. The van der Waals surface area contributed by atoms with Crippen molar-refractivity contribution in [3.05, 3.63) is 23.4 Å². The number of carbonyl (C=O) groups is 1. The average Bonchev–Trinajstić information content (AvgIpc) is 2.16. The first-order valence-electron chi connectivity index (χ1n) is 3.33. The summed E-state index contributed by atoms with van der Waals surface area (Å²) >= 11 is 5.25. The van der Waals surface area contributed by atoms with Gasteiger partial charge in [0, 0.05) is 6.20 Å². The van der Waals surface area contributed by atoms with Crippen molar-refractivity contribution in [2.75, 3.05) is 7.11 Å². The summed E-state index contributed by atoms with van der Waals surface area (Å²) in [6, 6.07) is 3.18. The highest BCUT2D eigenvalue weighted by atomic mass is 35.5. The lowest BCUT2D eigenvalue weighted by atomic mass is 10.2. The van der Waals surface area contributed by atoms with Gasteiger partial charge in [0.05, 0.1) is 18.2 Å². The summed E-state index contributed by atoms with van der Waals surface area (Å²) in [4.78, 5) is 14.6. The molecular formula is C8H5ClN2O2. The number of rotatable bonds is 2. The summed E-state index contributed by atoms with van der Waals surface area (Å²) in [6.45, 7) is 0. The van der Waals surface area contributed by atoms with Crippen LogP contribution in [0.25, 0.3) is 0 Å². The summed E-state index contributed by atoms with van der Waals surface area (Å²) in [7, 11) is 1.37. The first-order valence-corrected chi connectivity index (χ1v) is 3.70. The molecule has 5 heteroatoms. The van der Waals surface area contributed by atoms with Crippen LogP contribution in [0.4, 0.5) is 0 Å². The fourth-order valence-electron chi connectivity index (χ4n) is 0.817. The van der Waals surface area contributed by atoms with Gasteiger partial charge in [-0.2, -0.15) is 5.26 Å². The second kappa shape index (κ2) is 3.87. The minimum Gasteiger partial charge on any atom is -0.480 e. The molecule has 0 unspecified atom stereocenters. The Bertz CT molecular complexity index is 384. The lowest BCUT2D eigenvalue weighted by molar-refractivity contribution is 0.107. The number of halogens is 1. The predicted molar refractivity (Wildman–Crippen MR) is 45.7 cm³/mol. The molecule has 1 rings (SSSR count). The largest absolute Gasteiger partial charge is 0.480 e. The molecule has 1 aromatic rings. The zero-order valence-electron chi connectivity index (χ0n) is 6.74. The van der Waals surface area contributed by atoms with Crippen molar-refractivity contribution in [1.82, 2.24) is 4.98 Å². The molecule has 1 heterocycles. The van der Waals surface area contributed by atoms with Crippen LogP contribution in [0, 0.1) is 11.3 Å². The molecule has 0 aromatic carbocycles. The third-order valence-corrected chi connectivity index (χ3v) is 1.59. The highest BCUT2D eigenvalue weighted by Crippen LogP contribution is 2.17. The number of nitriles is 1. The van der Waals surface area contributed by atoms with Crippen molar-refractivity contribution in [3.8, 4) is 11.9 Å². The molecule has 0 N–H and O–H groups in total. The monoisotopic (exact) mass is 196 g/mol. The van der Waals surface area contributed by atoms with Gasteiger partial charge in [0.2, 0.25) is 5.88 Å². The second-order valence-electron chi connectivity index (χ2n) is 2.17. The average molecular weight is 197 g/mol. The molecule has 0 saturated heterocycles. The van der Waals surface area contributed by atoms with E-state index in [-0.39, 0.29) is 17.0 Å². The van der Waals surface area contributed by atoms with Crippen molar-refractivity contribution in [2.45, 2.75) is 0 Å². The third-order valence-electron chi connectivity index (χ3n) is 1.39. The molecule has 0 bridgehead atoms. The van der Waals surface area contributed by atoms with E-state index < -0.39 is 5.24 Å². The standard InChI is InChI=1S/C8H5ClN2O2/c1-13-8-6(7(9)12)2-5(3-10)4-11-8/h2,4H,1H3. The molecule has 0 aliphatic carbocycles. The van der Waals surface area contributed by atoms with Gasteiger partial charge in [-0.15, -0.1) is 0 Å². The Labute approximate surface area is 79.7 Å². The Morgan fingerprint density at radius 1 is 1.77 bits per heavy atom. The fourth-order valence-corrected chi connectivity index (χ4v) is 0.952. The molecule has 0 radical (unpaired) electrons. The summed E-state index contributed by atoms with van der Waals surface area (Å²) in [6.07, 6.45) is 1.31. The third kappa shape index (κ3) is 1.95. The van der Waals surface area contributed by atoms with Gasteiger partial charge in [0.15, 0.2) is 0 Å². The van der Waals surface area contributed by atoms with E-state index in [0.717, 1.165) is 0 Å². The Morgan fingerprint density at radius 3 is 2.92 bits per heavy atom. The molecule has 13 heavy (non-hydrogen) atoms. The molecule has 0 spiro atoms. The van der Waals surface area contributed by atoms with Gasteiger partial charge in [-0.05, 0) is 17.7 Å². The van der Waals surface area contributed by atoms with Gasteiger partial charge in [-0.3, -0.25) is 4.79 Å². The number of hydrogen-bond donors (Lipinski definition) is 0. The number of carbonyl (C=O) groups excluding carboxylic acids is 1. The number of hydrogen-bond acceptors (Lipinski definition) is 4. The number of pyridine rings is 1. The van der Waals surface area contributed by atoms with Gasteiger partial charge in [-0.25, -0.2) is 4.98 Å². The summed E-state index contributed by atoms with van der Waals surface area (Å²) < 4.78 is 4.78. The van der Waals surface area contributed by atoms with Crippen LogP contribution in [0.1, 0.15) is 15.9 Å². The number of methoxy groups -OCH3 is 1. The minimum atomic E-state index is -0.693. The number of ether oxygens (including phenoxy) is 1. The molecule has 0 atom stereocenters. The van der Waals surface area contributed by atoms with Crippen LogP contribution in [0.15, 0.2) is 12.3 Å². The quantitative estimate of drug-likeness (QED) is 0.670. The minimum absolute atomic E-state index is 0.100. The lowest BCUT2D eigenvalue weighted by Crippen LogP contribution is -1.98. The van der Waals surface area contributed by atoms with E-state index in [4.69, 9.17) is 21.6 Å². The molecule has 66 valence electrons. The number of nitrogens with zero attached hydrogens (tertiary/aromatic N) is 2. The van der Waals surface area contributed by atoms with Crippen LogP contribution in [0.2, 0.25) is 0 Å². The second-order valence-corrected chi connectivity index (χ2v) is 2.51. The predicted octanol–water partition coefficient (Wildman–Crippen LogP) is 1.34. The highest BCUT2D eigenvalue weighted by Gasteiger charge is 2.11. The summed E-state index contributed by atoms with van der Waals surface area (Å²) in [5.41, 5.74) is 0.369. The Kier molecular flexibility index (Phi) is 2.83. The maximum Gasteiger partial charge on any atom is 0.257 e. The van der Waals surface area contributed by atoms with Gasteiger partial charge in [0.25, 0.3) is 5.24 Å². The zero-order valence-corrected chi connectivity index (χ0v) is 7.50. The van der Waals surface area contributed by atoms with Crippen LogP contribution in [0.5, 0.6) is 5.88 Å². The van der Waals surface area contributed by atoms with E-state index in [9.17, 15) is 4.79 Å². The maximum atomic E-state index is 10.8. The van der Waals surface area contributed by atoms with E-state index in [0.29, 0.717) is 0 Å². The van der Waals surface area contributed by atoms with Crippen LogP contribution in [-0.4, -0.2) is 17.3 Å².